The molecule has 1 aliphatic heterocycles. The Hall–Kier alpha value is -0.490. The number of nitrogens with one attached hydrogen (secondary N) is 1. The van der Waals surface area contributed by atoms with Crippen molar-refractivity contribution in [3.8, 4) is 0 Å². The van der Waals surface area contributed by atoms with E-state index < -0.39 is 0 Å². The maximum absolute atomic E-state index is 12.6. The minimum absolute atomic E-state index is 0. The third-order valence-electron chi connectivity index (χ3n) is 5.30. The van der Waals surface area contributed by atoms with Gasteiger partial charge in [0.1, 0.15) is 0 Å². The van der Waals surface area contributed by atoms with Crippen molar-refractivity contribution in [3.05, 3.63) is 28.7 Å². The maximum Gasteiger partial charge on any atom is 0.225 e. The molecule has 25 heavy (non-hydrogen) atoms. The number of carbonyl (C=O) groups is 1. The molecule has 1 saturated heterocycles. The molecule has 1 saturated carbocycles. The Morgan fingerprint density at radius 3 is 2.56 bits per heavy atom. The van der Waals surface area contributed by atoms with Crippen molar-refractivity contribution >= 4 is 52.3 Å². The third-order valence-corrected chi connectivity index (χ3v) is 5.83. The van der Waals surface area contributed by atoms with Crippen LogP contribution in [-0.4, -0.2) is 30.6 Å². The standard InChI is InChI=1S/C18H26BrN3O.2ClH/c1-18(20)10-3-2-4-16(18)17(23)21-14-9-11-22(12-14)15-7-5-13(19)6-8-15;;/h5-8,14,16H,2-4,9-12,20H2,1H3,(H,21,23);2*1H. The van der Waals surface area contributed by atoms with Crippen molar-refractivity contribution < 1.29 is 4.79 Å². The van der Waals surface area contributed by atoms with Gasteiger partial charge in [0.05, 0.1) is 5.92 Å². The monoisotopic (exact) mass is 451 g/mol. The van der Waals surface area contributed by atoms with Gasteiger partial charge in [-0.15, -0.1) is 24.8 Å². The van der Waals surface area contributed by atoms with E-state index in [1.807, 2.05) is 6.92 Å². The fourth-order valence-corrected chi connectivity index (χ4v) is 4.12. The van der Waals surface area contributed by atoms with Gasteiger partial charge in [-0.05, 0) is 50.5 Å². The highest BCUT2D eigenvalue weighted by Gasteiger charge is 2.38. The topological polar surface area (TPSA) is 58.4 Å². The van der Waals surface area contributed by atoms with Gasteiger partial charge in [0.25, 0.3) is 0 Å². The number of amides is 1. The van der Waals surface area contributed by atoms with Crippen molar-refractivity contribution in [2.75, 3.05) is 18.0 Å². The Bertz CT molecular complexity index is 568. The summed E-state index contributed by atoms with van der Waals surface area (Å²) in [6.07, 6.45) is 5.11. The van der Waals surface area contributed by atoms with Crippen LogP contribution < -0.4 is 16.0 Å². The van der Waals surface area contributed by atoms with E-state index >= 15 is 0 Å². The molecule has 7 heteroatoms. The van der Waals surface area contributed by atoms with Crippen molar-refractivity contribution in [3.63, 3.8) is 0 Å². The largest absolute Gasteiger partial charge is 0.369 e. The maximum atomic E-state index is 12.6. The van der Waals surface area contributed by atoms with E-state index in [-0.39, 0.29) is 48.2 Å². The second-order valence-corrected chi connectivity index (χ2v) is 8.14. The quantitative estimate of drug-likeness (QED) is 0.731. The molecule has 0 spiro atoms. The molecule has 0 radical (unpaired) electrons. The number of halogens is 3. The van der Waals surface area contributed by atoms with Crippen LogP contribution in [-0.2, 0) is 4.79 Å². The highest BCUT2D eigenvalue weighted by molar-refractivity contribution is 9.10. The molecular formula is C18H28BrCl2N3O. The Labute approximate surface area is 171 Å². The van der Waals surface area contributed by atoms with Crippen LogP contribution in [0.1, 0.15) is 39.0 Å². The zero-order chi connectivity index (χ0) is 16.4. The number of hydrogen-bond acceptors (Lipinski definition) is 3. The number of benzene rings is 1. The predicted octanol–water partition coefficient (Wildman–Crippen LogP) is 3.90. The Balaban J connectivity index is 0.00000156. The fraction of sp³-hybridized carbons (Fsp3) is 0.611. The molecule has 3 N–H and O–H groups in total. The summed E-state index contributed by atoms with van der Waals surface area (Å²) in [6.45, 7) is 3.89. The molecule has 1 amide bonds. The summed E-state index contributed by atoms with van der Waals surface area (Å²) in [5, 5.41) is 3.25. The first-order valence-corrected chi connectivity index (χ1v) is 9.35. The summed E-state index contributed by atoms with van der Waals surface area (Å²) >= 11 is 3.47. The molecule has 0 aromatic heterocycles. The lowest BCUT2D eigenvalue weighted by Gasteiger charge is -2.37. The molecule has 3 unspecified atom stereocenters. The van der Waals surface area contributed by atoms with Gasteiger partial charge in [0, 0.05) is 34.8 Å². The molecule has 3 rings (SSSR count). The average molecular weight is 453 g/mol. The molecule has 2 fully saturated rings. The van der Waals surface area contributed by atoms with E-state index in [1.165, 1.54) is 5.69 Å². The van der Waals surface area contributed by atoms with Crippen LogP contribution in [0.15, 0.2) is 28.7 Å². The van der Waals surface area contributed by atoms with Gasteiger partial charge in [-0.1, -0.05) is 28.8 Å². The molecule has 0 bridgehead atoms. The second kappa shape index (κ2) is 9.45. The van der Waals surface area contributed by atoms with Crippen LogP contribution in [0, 0.1) is 5.92 Å². The van der Waals surface area contributed by atoms with Gasteiger partial charge in [-0.25, -0.2) is 0 Å². The van der Waals surface area contributed by atoms with E-state index in [2.05, 4.69) is 50.4 Å². The molecular weight excluding hydrogens is 425 g/mol. The van der Waals surface area contributed by atoms with Crippen LogP contribution in [0.4, 0.5) is 5.69 Å². The summed E-state index contributed by atoms with van der Waals surface area (Å²) < 4.78 is 1.09. The van der Waals surface area contributed by atoms with Crippen LogP contribution in [0.2, 0.25) is 0 Å². The van der Waals surface area contributed by atoms with Crippen LogP contribution in [0.5, 0.6) is 0 Å². The average Bonchev–Trinajstić information content (AvgIpc) is 2.95. The van der Waals surface area contributed by atoms with E-state index in [4.69, 9.17) is 5.73 Å². The zero-order valence-corrected chi connectivity index (χ0v) is 17.8. The Kier molecular flexibility index (Phi) is 8.52. The minimum Gasteiger partial charge on any atom is -0.369 e. The van der Waals surface area contributed by atoms with Gasteiger partial charge in [-0.3, -0.25) is 4.79 Å². The number of nitrogens with two attached hydrogens (primary N) is 1. The van der Waals surface area contributed by atoms with Gasteiger partial charge in [0.2, 0.25) is 5.91 Å². The normalized spacial score (nSPS) is 28.7. The molecule has 1 aromatic rings. The first-order chi connectivity index (χ1) is 11.0. The van der Waals surface area contributed by atoms with Gasteiger partial charge in [-0.2, -0.15) is 0 Å². The molecule has 1 aliphatic carbocycles. The van der Waals surface area contributed by atoms with Crippen molar-refractivity contribution in [1.82, 2.24) is 5.32 Å². The molecule has 1 aromatic carbocycles. The first kappa shape index (κ1) is 22.6. The SMILES string of the molecule is CC1(N)CCCCC1C(=O)NC1CCN(c2ccc(Br)cc2)C1.Cl.Cl. The van der Waals surface area contributed by atoms with E-state index in [0.717, 1.165) is 49.7 Å². The van der Waals surface area contributed by atoms with E-state index in [1.54, 1.807) is 0 Å². The van der Waals surface area contributed by atoms with Gasteiger partial charge < -0.3 is 16.0 Å². The molecule has 4 nitrogen and oxygen atoms in total. The summed E-state index contributed by atoms with van der Waals surface area (Å²) in [6, 6.07) is 8.58. The second-order valence-electron chi connectivity index (χ2n) is 7.22. The lowest BCUT2D eigenvalue weighted by atomic mass is 9.74. The summed E-state index contributed by atoms with van der Waals surface area (Å²) in [5.41, 5.74) is 7.21. The number of nitrogens with zero attached hydrogens (tertiary/aromatic N) is 1. The highest BCUT2D eigenvalue weighted by atomic mass is 79.9. The van der Waals surface area contributed by atoms with E-state index in [0.29, 0.717) is 0 Å². The molecule has 2 aliphatic rings. The van der Waals surface area contributed by atoms with Crippen LogP contribution in [0.25, 0.3) is 0 Å². The lowest BCUT2D eigenvalue weighted by molar-refractivity contribution is -0.128. The summed E-state index contributed by atoms with van der Waals surface area (Å²) in [7, 11) is 0. The number of rotatable bonds is 3. The van der Waals surface area contributed by atoms with Crippen molar-refractivity contribution in [1.29, 1.82) is 0 Å². The molecule has 142 valence electrons. The summed E-state index contributed by atoms with van der Waals surface area (Å²) in [4.78, 5) is 15.0. The predicted molar refractivity (Wildman–Crippen MR) is 112 cm³/mol. The first-order valence-electron chi connectivity index (χ1n) is 8.55. The highest BCUT2D eigenvalue weighted by Crippen LogP contribution is 2.32. The van der Waals surface area contributed by atoms with Crippen molar-refractivity contribution in [2.24, 2.45) is 11.7 Å². The van der Waals surface area contributed by atoms with Crippen molar-refractivity contribution in [2.45, 2.75) is 50.6 Å². The van der Waals surface area contributed by atoms with E-state index in [9.17, 15) is 4.79 Å². The van der Waals surface area contributed by atoms with Crippen LogP contribution in [0.3, 0.4) is 0 Å². The molecule has 1 heterocycles. The molecule has 3 atom stereocenters. The Morgan fingerprint density at radius 1 is 1.24 bits per heavy atom. The minimum atomic E-state index is -0.355. The number of carbonyl (C=O) groups excluding carboxylic acids is 1. The van der Waals surface area contributed by atoms with Crippen LogP contribution >= 0.6 is 40.7 Å². The third kappa shape index (κ3) is 5.49. The Morgan fingerprint density at radius 2 is 1.92 bits per heavy atom. The number of hydrogen-bond donors (Lipinski definition) is 2. The fourth-order valence-electron chi connectivity index (χ4n) is 3.86. The van der Waals surface area contributed by atoms with Gasteiger partial charge >= 0.3 is 0 Å². The smallest absolute Gasteiger partial charge is 0.225 e. The number of anilines is 1. The summed E-state index contributed by atoms with van der Waals surface area (Å²) in [5.74, 6) is 0.107. The van der Waals surface area contributed by atoms with Gasteiger partial charge in [0.15, 0.2) is 0 Å². The zero-order valence-electron chi connectivity index (χ0n) is 14.5. The lowest BCUT2D eigenvalue weighted by Crippen LogP contribution is -2.54.